The van der Waals surface area contributed by atoms with Gasteiger partial charge in [-0.15, -0.1) is 0 Å². The lowest BCUT2D eigenvalue weighted by atomic mass is 10.1. The van der Waals surface area contributed by atoms with E-state index in [9.17, 15) is 4.79 Å². The summed E-state index contributed by atoms with van der Waals surface area (Å²) in [6.07, 6.45) is 1.87. The second kappa shape index (κ2) is 5.30. The number of carbonyl (C=O) groups excluding carboxylic acids is 1. The summed E-state index contributed by atoms with van der Waals surface area (Å²) in [5, 5.41) is 14.9. The molecule has 5 heteroatoms. The maximum absolute atomic E-state index is 11.9. The minimum Gasteiger partial charge on any atom is -0.324 e. The number of nitriles is 1. The molecule has 0 spiro atoms. The van der Waals surface area contributed by atoms with Crippen molar-refractivity contribution in [3.63, 3.8) is 0 Å². The van der Waals surface area contributed by atoms with Crippen LogP contribution in [0.2, 0.25) is 0 Å². The van der Waals surface area contributed by atoms with Crippen molar-refractivity contribution in [1.29, 1.82) is 5.26 Å². The van der Waals surface area contributed by atoms with Crippen LogP contribution in [0.1, 0.15) is 18.4 Å². The first-order valence-corrected chi connectivity index (χ1v) is 6.24. The Morgan fingerprint density at radius 1 is 1.59 bits per heavy atom. The van der Waals surface area contributed by atoms with E-state index in [0.717, 1.165) is 23.9 Å². The van der Waals surface area contributed by atoms with E-state index in [0.29, 0.717) is 11.3 Å². The Hall–Kier alpha value is -1.38. The van der Waals surface area contributed by atoms with Crippen molar-refractivity contribution < 1.29 is 4.79 Å². The van der Waals surface area contributed by atoms with Crippen molar-refractivity contribution in [2.24, 2.45) is 0 Å². The Labute approximate surface area is 108 Å². The van der Waals surface area contributed by atoms with Gasteiger partial charge in [0.15, 0.2) is 0 Å². The first-order valence-electron chi connectivity index (χ1n) is 5.44. The fraction of sp³-hybridized carbons (Fsp3) is 0.333. The van der Waals surface area contributed by atoms with Gasteiger partial charge in [0.1, 0.15) is 6.07 Å². The van der Waals surface area contributed by atoms with Gasteiger partial charge in [0, 0.05) is 4.47 Å². The Morgan fingerprint density at radius 2 is 2.41 bits per heavy atom. The van der Waals surface area contributed by atoms with Crippen LogP contribution in [0.25, 0.3) is 0 Å². The third kappa shape index (κ3) is 2.84. The van der Waals surface area contributed by atoms with Gasteiger partial charge in [-0.3, -0.25) is 4.79 Å². The molecule has 1 heterocycles. The molecular weight excluding hydrogens is 282 g/mol. The number of nitrogens with one attached hydrogen (secondary N) is 2. The van der Waals surface area contributed by atoms with Crippen molar-refractivity contribution in [3.8, 4) is 6.07 Å². The zero-order chi connectivity index (χ0) is 12.3. The van der Waals surface area contributed by atoms with E-state index in [4.69, 9.17) is 5.26 Å². The topological polar surface area (TPSA) is 64.9 Å². The second-order valence-electron chi connectivity index (χ2n) is 3.94. The van der Waals surface area contributed by atoms with Gasteiger partial charge in [-0.25, -0.2) is 0 Å². The van der Waals surface area contributed by atoms with Crippen molar-refractivity contribution in [3.05, 3.63) is 28.2 Å². The highest BCUT2D eigenvalue weighted by molar-refractivity contribution is 9.10. The summed E-state index contributed by atoms with van der Waals surface area (Å²) in [5.74, 6) is -0.0682. The number of anilines is 1. The summed E-state index contributed by atoms with van der Waals surface area (Å²) >= 11 is 3.29. The Bertz CT molecular complexity index is 475. The highest BCUT2D eigenvalue weighted by Gasteiger charge is 2.22. The van der Waals surface area contributed by atoms with E-state index >= 15 is 0 Å². The quantitative estimate of drug-likeness (QED) is 0.877. The molecule has 0 unspecified atom stereocenters. The molecule has 0 radical (unpaired) electrons. The molecule has 88 valence electrons. The average Bonchev–Trinajstić information content (AvgIpc) is 2.85. The van der Waals surface area contributed by atoms with Gasteiger partial charge >= 0.3 is 0 Å². The van der Waals surface area contributed by atoms with Gasteiger partial charge in [-0.2, -0.15) is 5.26 Å². The Balaban J connectivity index is 2.13. The molecule has 1 aliphatic heterocycles. The number of rotatable bonds is 2. The van der Waals surface area contributed by atoms with Gasteiger partial charge in [-0.1, -0.05) is 15.9 Å². The maximum atomic E-state index is 11.9. The number of carbonyl (C=O) groups is 1. The van der Waals surface area contributed by atoms with Crippen LogP contribution in [0, 0.1) is 11.3 Å². The van der Waals surface area contributed by atoms with Crippen molar-refractivity contribution >= 4 is 27.5 Å². The predicted molar refractivity (Wildman–Crippen MR) is 68.5 cm³/mol. The molecule has 2 N–H and O–H groups in total. The standard InChI is InChI=1S/C12H12BrN3O/c13-9-3-4-10(8(6-9)7-14)16-12(17)11-2-1-5-15-11/h3-4,6,11,15H,1-2,5H2,(H,16,17)/t11-/m1/s1. The van der Waals surface area contributed by atoms with E-state index in [2.05, 4.69) is 32.6 Å². The van der Waals surface area contributed by atoms with Crippen molar-refractivity contribution in [2.75, 3.05) is 11.9 Å². The summed E-state index contributed by atoms with van der Waals surface area (Å²) in [4.78, 5) is 11.9. The van der Waals surface area contributed by atoms with E-state index in [1.807, 2.05) is 0 Å². The van der Waals surface area contributed by atoms with Crippen LogP contribution in [0.15, 0.2) is 22.7 Å². The lowest BCUT2D eigenvalue weighted by molar-refractivity contribution is -0.117. The molecule has 0 saturated carbocycles. The number of halogens is 1. The monoisotopic (exact) mass is 293 g/mol. The zero-order valence-electron chi connectivity index (χ0n) is 9.16. The molecule has 2 rings (SSSR count). The first-order chi connectivity index (χ1) is 8.20. The van der Waals surface area contributed by atoms with Crippen LogP contribution in [0.3, 0.4) is 0 Å². The highest BCUT2D eigenvalue weighted by Crippen LogP contribution is 2.21. The van der Waals surface area contributed by atoms with Crippen LogP contribution in [0.5, 0.6) is 0 Å². The van der Waals surface area contributed by atoms with Crippen LogP contribution in [-0.2, 0) is 4.79 Å². The first kappa shape index (κ1) is 12.1. The smallest absolute Gasteiger partial charge is 0.241 e. The van der Waals surface area contributed by atoms with Gasteiger partial charge in [0.25, 0.3) is 0 Å². The summed E-state index contributed by atoms with van der Waals surface area (Å²) in [6.45, 7) is 0.879. The second-order valence-corrected chi connectivity index (χ2v) is 4.86. The van der Waals surface area contributed by atoms with E-state index in [-0.39, 0.29) is 11.9 Å². The summed E-state index contributed by atoms with van der Waals surface area (Å²) in [7, 11) is 0. The maximum Gasteiger partial charge on any atom is 0.241 e. The minimum atomic E-state index is -0.134. The highest BCUT2D eigenvalue weighted by atomic mass is 79.9. The molecule has 1 aromatic rings. The fourth-order valence-electron chi connectivity index (χ4n) is 1.85. The van der Waals surface area contributed by atoms with Gasteiger partial charge in [0.05, 0.1) is 17.3 Å². The molecular formula is C12H12BrN3O. The minimum absolute atomic E-state index is 0.0682. The van der Waals surface area contributed by atoms with Crippen LogP contribution in [-0.4, -0.2) is 18.5 Å². The average molecular weight is 294 g/mol. The van der Waals surface area contributed by atoms with E-state index in [1.165, 1.54) is 0 Å². The van der Waals surface area contributed by atoms with Crippen LogP contribution >= 0.6 is 15.9 Å². The molecule has 0 bridgehead atoms. The Kier molecular flexibility index (Phi) is 3.77. The number of nitrogens with zero attached hydrogens (tertiary/aromatic N) is 1. The number of benzene rings is 1. The zero-order valence-corrected chi connectivity index (χ0v) is 10.8. The molecule has 0 aromatic heterocycles. The normalized spacial score (nSPS) is 18.7. The number of hydrogen-bond acceptors (Lipinski definition) is 3. The van der Waals surface area contributed by atoms with Crippen LogP contribution < -0.4 is 10.6 Å². The Morgan fingerprint density at radius 3 is 3.06 bits per heavy atom. The fourth-order valence-corrected chi connectivity index (χ4v) is 2.21. The third-order valence-electron chi connectivity index (χ3n) is 2.74. The molecule has 4 nitrogen and oxygen atoms in total. The molecule has 0 aliphatic carbocycles. The molecule has 1 saturated heterocycles. The third-order valence-corrected chi connectivity index (χ3v) is 3.23. The lowest BCUT2D eigenvalue weighted by Gasteiger charge is -2.12. The van der Waals surface area contributed by atoms with Crippen molar-refractivity contribution in [2.45, 2.75) is 18.9 Å². The van der Waals surface area contributed by atoms with Crippen LogP contribution in [0.4, 0.5) is 5.69 Å². The van der Waals surface area contributed by atoms with Gasteiger partial charge < -0.3 is 10.6 Å². The van der Waals surface area contributed by atoms with Gasteiger partial charge in [-0.05, 0) is 37.6 Å². The van der Waals surface area contributed by atoms with Gasteiger partial charge in [0.2, 0.25) is 5.91 Å². The lowest BCUT2D eigenvalue weighted by Crippen LogP contribution is -2.35. The molecule has 1 aromatic carbocycles. The largest absolute Gasteiger partial charge is 0.324 e. The number of amides is 1. The molecule has 1 fully saturated rings. The molecule has 1 amide bonds. The summed E-state index contributed by atoms with van der Waals surface area (Å²) in [5.41, 5.74) is 1.03. The molecule has 17 heavy (non-hydrogen) atoms. The van der Waals surface area contributed by atoms with E-state index < -0.39 is 0 Å². The van der Waals surface area contributed by atoms with E-state index in [1.54, 1.807) is 18.2 Å². The molecule has 1 aliphatic rings. The predicted octanol–water partition coefficient (Wildman–Crippen LogP) is 2.01. The SMILES string of the molecule is N#Cc1cc(Br)ccc1NC(=O)[C@H]1CCCN1. The number of hydrogen-bond donors (Lipinski definition) is 2. The molecule has 1 atom stereocenters. The summed E-state index contributed by atoms with van der Waals surface area (Å²) in [6, 6.07) is 7.16. The summed E-state index contributed by atoms with van der Waals surface area (Å²) < 4.78 is 0.825. The van der Waals surface area contributed by atoms with Crippen molar-refractivity contribution in [1.82, 2.24) is 5.32 Å².